The first-order valence-electron chi connectivity index (χ1n) is 10.6. The highest BCUT2D eigenvalue weighted by Crippen LogP contribution is 2.32. The predicted molar refractivity (Wildman–Crippen MR) is 106 cm³/mol. The van der Waals surface area contributed by atoms with Gasteiger partial charge >= 0.3 is 0 Å². The maximum atomic E-state index is 13.9. The van der Waals surface area contributed by atoms with Gasteiger partial charge in [0.15, 0.2) is 11.6 Å². The van der Waals surface area contributed by atoms with Crippen LogP contribution in [0.5, 0.6) is 0 Å². The summed E-state index contributed by atoms with van der Waals surface area (Å²) in [5.41, 5.74) is 0.428. The zero-order chi connectivity index (χ0) is 20.2. The summed E-state index contributed by atoms with van der Waals surface area (Å²) in [6.45, 7) is 3.93. The molecule has 1 aromatic heterocycles. The van der Waals surface area contributed by atoms with Crippen LogP contribution in [0.4, 0.5) is 8.78 Å². The van der Waals surface area contributed by atoms with E-state index in [1.165, 1.54) is 0 Å². The van der Waals surface area contributed by atoms with Gasteiger partial charge in [0.1, 0.15) is 5.76 Å². The molecule has 6 heteroatoms. The minimum Gasteiger partial charge on any atom is -0.469 e. The van der Waals surface area contributed by atoms with Gasteiger partial charge in [0, 0.05) is 38.0 Å². The standard InChI is InChI=1S/C23H28F2N2O2/c24-21-5-1-3-19(23(21)25)15-26-11-8-17(9-12-26)18-10-13-27(16-18)22(28)7-6-20-4-2-14-29-20/h1-5,14,17-18H,6-13,15-16H2/t18-/m1/s1. The van der Waals surface area contributed by atoms with E-state index >= 15 is 0 Å². The number of rotatable bonds is 6. The Hall–Kier alpha value is -2.21. The number of piperidine rings is 1. The highest BCUT2D eigenvalue weighted by atomic mass is 19.2. The lowest BCUT2D eigenvalue weighted by atomic mass is 9.83. The van der Waals surface area contributed by atoms with Crippen molar-refractivity contribution < 1.29 is 18.0 Å². The third-order valence-electron chi connectivity index (χ3n) is 6.47. The Labute approximate surface area is 170 Å². The van der Waals surface area contributed by atoms with Crippen molar-refractivity contribution in [2.24, 2.45) is 11.8 Å². The lowest BCUT2D eigenvalue weighted by Gasteiger charge is -2.35. The summed E-state index contributed by atoms with van der Waals surface area (Å²) in [6, 6.07) is 8.14. The van der Waals surface area contributed by atoms with Crippen molar-refractivity contribution in [3.63, 3.8) is 0 Å². The number of benzene rings is 1. The van der Waals surface area contributed by atoms with E-state index in [0.29, 0.717) is 36.8 Å². The summed E-state index contributed by atoms with van der Waals surface area (Å²) in [4.78, 5) is 16.7. The van der Waals surface area contributed by atoms with Gasteiger partial charge in [-0.15, -0.1) is 0 Å². The fraction of sp³-hybridized carbons (Fsp3) is 0.522. The van der Waals surface area contributed by atoms with E-state index < -0.39 is 11.6 Å². The van der Waals surface area contributed by atoms with Gasteiger partial charge in [0.2, 0.25) is 5.91 Å². The Balaban J connectivity index is 1.22. The van der Waals surface area contributed by atoms with Gasteiger partial charge in [0.05, 0.1) is 6.26 Å². The largest absolute Gasteiger partial charge is 0.469 e. The zero-order valence-electron chi connectivity index (χ0n) is 16.7. The summed E-state index contributed by atoms with van der Waals surface area (Å²) in [6.07, 6.45) is 5.96. The van der Waals surface area contributed by atoms with Crippen LogP contribution in [0.1, 0.15) is 37.0 Å². The number of amides is 1. The number of carbonyl (C=O) groups excluding carboxylic acids is 1. The molecule has 2 aromatic rings. The highest BCUT2D eigenvalue weighted by Gasteiger charge is 2.33. The van der Waals surface area contributed by atoms with Crippen molar-refractivity contribution in [2.75, 3.05) is 26.2 Å². The summed E-state index contributed by atoms with van der Waals surface area (Å²) in [5, 5.41) is 0. The van der Waals surface area contributed by atoms with Crippen LogP contribution in [0.25, 0.3) is 0 Å². The molecule has 4 nitrogen and oxygen atoms in total. The van der Waals surface area contributed by atoms with Crippen molar-refractivity contribution in [2.45, 2.75) is 38.6 Å². The third-order valence-corrected chi connectivity index (χ3v) is 6.47. The first-order chi connectivity index (χ1) is 14.1. The molecule has 0 N–H and O–H groups in total. The van der Waals surface area contributed by atoms with Crippen LogP contribution in [0, 0.1) is 23.5 Å². The zero-order valence-corrected chi connectivity index (χ0v) is 16.7. The highest BCUT2D eigenvalue weighted by molar-refractivity contribution is 5.76. The second kappa shape index (κ2) is 9.08. The summed E-state index contributed by atoms with van der Waals surface area (Å²) < 4.78 is 32.6. The molecule has 2 saturated heterocycles. The summed E-state index contributed by atoms with van der Waals surface area (Å²) in [7, 11) is 0. The normalized spacial score (nSPS) is 21.0. The van der Waals surface area contributed by atoms with Crippen molar-refractivity contribution in [3.05, 3.63) is 59.6 Å². The van der Waals surface area contributed by atoms with Crippen molar-refractivity contribution in [3.8, 4) is 0 Å². The van der Waals surface area contributed by atoms with E-state index in [1.54, 1.807) is 18.4 Å². The molecule has 1 aromatic carbocycles. The van der Waals surface area contributed by atoms with Gasteiger partial charge < -0.3 is 9.32 Å². The first kappa shape index (κ1) is 20.1. The van der Waals surface area contributed by atoms with Crippen LogP contribution >= 0.6 is 0 Å². The molecule has 0 saturated carbocycles. The second-order valence-electron chi connectivity index (χ2n) is 8.29. The number of hydrogen-bond donors (Lipinski definition) is 0. The van der Waals surface area contributed by atoms with Crippen LogP contribution in [0.3, 0.4) is 0 Å². The molecule has 4 rings (SSSR count). The Morgan fingerprint density at radius 2 is 1.83 bits per heavy atom. The average Bonchev–Trinajstić information content (AvgIpc) is 3.42. The maximum absolute atomic E-state index is 13.9. The molecule has 1 amide bonds. The van der Waals surface area contributed by atoms with Crippen molar-refractivity contribution >= 4 is 5.91 Å². The fourth-order valence-corrected chi connectivity index (χ4v) is 4.74. The van der Waals surface area contributed by atoms with Crippen LogP contribution in [-0.4, -0.2) is 41.9 Å². The van der Waals surface area contributed by atoms with Gasteiger partial charge in [-0.3, -0.25) is 9.69 Å². The third kappa shape index (κ3) is 4.86. The fourth-order valence-electron chi connectivity index (χ4n) is 4.74. The summed E-state index contributed by atoms with van der Waals surface area (Å²) in [5.74, 6) is 0.718. The molecular weight excluding hydrogens is 374 g/mol. The lowest BCUT2D eigenvalue weighted by molar-refractivity contribution is -0.130. The SMILES string of the molecule is O=C(CCc1ccco1)N1CC[C@@H](C2CCN(Cc3cccc(F)c3F)CC2)C1. The monoisotopic (exact) mass is 402 g/mol. The number of likely N-dealkylation sites (tertiary alicyclic amines) is 2. The van der Waals surface area contributed by atoms with Crippen LogP contribution in [0.2, 0.25) is 0 Å². The number of aryl methyl sites for hydroxylation is 1. The van der Waals surface area contributed by atoms with Crippen LogP contribution < -0.4 is 0 Å². The topological polar surface area (TPSA) is 36.7 Å². The predicted octanol–water partition coefficient (Wildman–Crippen LogP) is 4.25. The average molecular weight is 402 g/mol. The molecule has 2 fully saturated rings. The molecule has 0 unspecified atom stereocenters. The quantitative estimate of drug-likeness (QED) is 0.725. The molecule has 1 atom stereocenters. The van der Waals surface area contributed by atoms with E-state index in [9.17, 15) is 13.6 Å². The van der Waals surface area contributed by atoms with Gasteiger partial charge in [0.25, 0.3) is 0 Å². The van der Waals surface area contributed by atoms with Gasteiger partial charge in [-0.1, -0.05) is 12.1 Å². The smallest absolute Gasteiger partial charge is 0.223 e. The molecule has 29 heavy (non-hydrogen) atoms. The van der Waals surface area contributed by atoms with Crippen LogP contribution in [-0.2, 0) is 17.8 Å². The number of hydrogen-bond acceptors (Lipinski definition) is 3. The van der Waals surface area contributed by atoms with E-state index in [0.717, 1.165) is 57.3 Å². The Bertz CT molecular complexity index is 816. The van der Waals surface area contributed by atoms with E-state index in [-0.39, 0.29) is 5.91 Å². The van der Waals surface area contributed by atoms with Crippen molar-refractivity contribution in [1.29, 1.82) is 0 Å². The lowest BCUT2D eigenvalue weighted by Crippen LogP contribution is -2.37. The first-order valence-corrected chi connectivity index (χ1v) is 10.6. The maximum Gasteiger partial charge on any atom is 0.223 e. The Morgan fingerprint density at radius 3 is 2.59 bits per heavy atom. The molecule has 3 heterocycles. The van der Waals surface area contributed by atoms with Gasteiger partial charge in [-0.25, -0.2) is 8.78 Å². The number of nitrogens with zero attached hydrogens (tertiary/aromatic N) is 2. The number of carbonyl (C=O) groups is 1. The van der Waals surface area contributed by atoms with Gasteiger partial charge in [-0.2, -0.15) is 0 Å². The number of halogens is 2. The van der Waals surface area contributed by atoms with Gasteiger partial charge in [-0.05, 0) is 62.4 Å². The molecule has 0 radical (unpaired) electrons. The Kier molecular flexibility index (Phi) is 6.28. The van der Waals surface area contributed by atoms with E-state index in [4.69, 9.17) is 4.42 Å². The summed E-state index contributed by atoms with van der Waals surface area (Å²) >= 11 is 0. The Morgan fingerprint density at radius 1 is 1.03 bits per heavy atom. The number of furan rings is 1. The van der Waals surface area contributed by atoms with Crippen molar-refractivity contribution in [1.82, 2.24) is 9.80 Å². The molecule has 2 aliphatic rings. The molecule has 2 aliphatic heterocycles. The molecule has 156 valence electrons. The van der Waals surface area contributed by atoms with E-state index in [1.807, 2.05) is 17.0 Å². The minimum atomic E-state index is -0.778. The molecular formula is C23H28F2N2O2. The molecule has 0 aliphatic carbocycles. The second-order valence-corrected chi connectivity index (χ2v) is 8.29. The van der Waals surface area contributed by atoms with E-state index in [2.05, 4.69) is 4.90 Å². The van der Waals surface area contributed by atoms with Crippen LogP contribution in [0.15, 0.2) is 41.0 Å². The molecule has 0 bridgehead atoms. The molecule has 0 spiro atoms. The minimum absolute atomic E-state index is 0.211.